The molecule has 0 atom stereocenters. The summed E-state index contributed by atoms with van der Waals surface area (Å²) >= 11 is 0. The highest BCUT2D eigenvalue weighted by atomic mass is 15.1. The highest BCUT2D eigenvalue weighted by molar-refractivity contribution is 5.79. The first kappa shape index (κ1) is 10.7. The molecule has 0 amide bonds. The Kier molecular flexibility index (Phi) is 2.69. The normalized spacial score (nSPS) is 11.0. The number of nitrogens with zero attached hydrogens (tertiary/aromatic N) is 1. The first-order chi connectivity index (χ1) is 7.61. The van der Waals surface area contributed by atoms with E-state index in [-0.39, 0.29) is 0 Å². The zero-order chi connectivity index (χ0) is 11.7. The second kappa shape index (κ2) is 4.00. The van der Waals surface area contributed by atoms with Gasteiger partial charge >= 0.3 is 0 Å². The van der Waals surface area contributed by atoms with Crippen molar-refractivity contribution in [2.24, 2.45) is 0 Å². The number of nitrogens with one attached hydrogen (secondary N) is 1. The predicted molar refractivity (Wildman–Crippen MR) is 67.3 cm³/mol. The summed E-state index contributed by atoms with van der Waals surface area (Å²) in [6, 6.07) is 7.91. The number of hydrogen-bond acceptors (Lipinski definition) is 2. The van der Waals surface area contributed by atoms with Gasteiger partial charge in [-0.2, -0.15) is 5.10 Å². The number of hydrogen-bond donors (Lipinski definition) is 2. The van der Waals surface area contributed by atoms with Crippen LogP contribution in [-0.2, 0) is 0 Å². The summed E-state index contributed by atoms with van der Waals surface area (Å²) in [5.41, 5.74) is 11.2. The van der Waals surface area contributed by atoms with Gasteiger partial charge in [0, 0.05) is 22.5 Å². The molecule has 3 nitrogen and oxygen atoms in total. The van der Waals surface area contributed by atoms with E-state index in [1.807, 2.05) is 31.2 Å². The van der Waals surface area contributed by atoms with E-state index in [0.717, 1.165) is 28.2 Å². The first-order valence-electron chi connectivity index (χ1n) is 5.51. The van der Waals surface area contributed by atoms with E-state index in [1.165, 1.54) is 0 Å². The van der Waals surface area contributed by atoms with Crippen molar-refractivity contribution in [2.75, 3.05) is 5.73 Å². The SMILES string of the molecule is Cc1[nH]nc(C(C)C)c1-c1ccccc1N. The molecule has 2 rings (SSSR count). The molecule has 1 heterocycles. The van der Waals surface area contributed by atoms with Crippen molar-refractivity contribution >= 4 is 5.69 Å². The van der Waals surface area contributed by atoms with Crippen LogP contribution in [0.4, 0.5) is 5.69 Å². The van der Waals surface area contributed by atoms with Gasteiger partial charge in [0.1, 0.15) is 0 Å². The lowest BCUT2D eigenvalue weighted by molar-refractivity contribution is 0.811. The maximum atomic E-state index is 6.01. The standard InChI is InChI=1S/C13H17N3/c1-8(2)13-12(9(3)15-16-13)10-6-4-5-7-11(10)14/h4-8H,14H2,1-3H3,(H,15,16). The summed E-state index contributed by atoms with van der Waals surface area (Å²) in [7, 11) is 0. The molecular weight excluding hydrogens is 198 g/mol. The highest BCUT2D eigenvalue weighted by Crippen LogP contribution is 2.33. The van der Waals surface area contributed by atoms with E-state index < -0.39 is 0 Å². The fourth-order valence-corrected chi connectivity index (χ4v) is 1.93. The van der Waals surface area contributed by atoms with Crippen LogP contribution in [0.25, 0.3) is 11.1 Å². The van der Waals surface area contributed by atoms with Gasteiger partial charge in [-0.05, 0) is 18.9 Å². The van der Waals surface area contributed by atoms with Crippen molar-refractivity contribution in [3.05, 3.63) is 35.7 Å². The third kappa shape index (κ3) is 1.69. The number of benzene rings is 1. The second-order valence-electron chi connectivity index (χ2n) is 4.35. The van der Waals surface area contributed by atoms with Gasteiger partial charge in [0.25, 0.3) is 0 Å². The Labute approximate surface area is 95.7 Å². The van der Waals surface area contributed by atoms with E-state index in [9.17, 15) is 0 Å². The van der Waals surface area contributed by atoms with E-state index in [4.69, 9.17) is 5.73 Å². The van der Waals surface area contributed by atoms with Crippen LogP contribution in [0.2, 0.25) is 0 Å². The van der Waals surface area contributed by atoms with Gasteiger partial charge in [0.2, 0.25) is 0 Å². The maximum Gasteiger partial charge on any atom is 0.0729 e. The van der Waals surface area contributed by atoms with Crippen LogP contribution >= 0.6 is 0 Å². The minimum absolute atomic E-state index is 0.388. The molecule has 0 unspecified atom stereocenters. The Bertz CT molecular complexity index is 498. The van der Waals surface area contributed by atoms with Gasteiger partial charge in [0.05, 0.1) is 5.69 Å². The molecule has 3 N–H and O–H groups in total. The van der Waals surface area contributed by atoms with Crippen molar-refractivity contribution < 1.29 is 0 Å². The predicted octanol–water partition coefficient (Wildman–Crippen LogP) is 3.09. The molecule has 1 aromatic carbocycles. The molecule has 2 aromatic rings. The number of para-hydroxylation sites is 1. The Morgan fingerprint density at radius 3 is 2.56 bits per heavy atom. The average molecular weight is 215 g/mol. The van der Waals surface area contributed by atoms with Gasteiger partial charge in [0.15, 0.2) is 0 Å². The molecule has 0 spiro atoms. The van der Waals surface area contributed by atoms with E-state index in [2.05, 4.69) is 24.0 Å². The largest absolute Gasteiger partial charge is 0.398 e. The van der Waals surface area contributed by atoms with Crippen LogP contribution in [0.1, 0.15) is 31.2 Å². The van der Waals surface area contributed by atoms with E-state index in [0.29, 0.717) is 5.92 Å². The molecule has 0 aliphatic heterocycles. The Hall–Kier alpha value is -1.77. The molecule has 1 aromatic heterocycles. The van der Waals surface area contributed by atoms with Gasteiger partial charge in [-0.3, -0.25) is 5.10 Å². The molecule has 0 saturated carbocycles. The van der Waals surface area contributed by atoms with Crippen LogP contribution in [-0.4, -0.2) is 10.2 Å². The number of aromatic amines is 1. The molecule has 0 radical (unpaired) electrons. The summed E-state index contributed by atoms with van der Waals surface area (Å²) in [6.45, 7) is 6.30. The molecule has 3 heteroatoms. The molecule has 0 aliphatic carbocycles. The molecular formula is C13H17N3. The molecule has 0 fully saturated rings. The summed E-state index contributed by atoms with van der Waals surface area (Å²) in [6.07, 6.45) is 0. The number of H-pyrrole nitrogens is 1. The molecule has 0 aliphatic rings. The lowest BCUT2D eigenvalue weighted by atomic mass is 9.96. The van der Waals surface area contributed by atoms with Gasteiger partial charge < -0.3 is 5.73 Å². The van der Waals surface area contributed by atoms with Crippen molar-refractivity contribution in [1.29, 1.82) is 0 Å². The van der Waals surface area contributed by atoms with Crippen LogP contribution in [0.15, 0.2) is 24.3 Å². The monoisotopic (exact) mass is 215 g/mol. The number of anilines is 1. The van der Waals surface area contributed by atoms with Gasteiger partial charge in [-0.15, -0.1) is 0 Å². The van der Waals surface area contributed by atoms with Crippen LogP contribution in [0.5, 0.6) is 0 Å². The van der Waals surface area contributed by atoms with E-state index in [1.54, 1.807) is 0 Å². The Morgan fingerprint density at radius 1 is 1.25 bits per heavy atom. The fourth-order valence-electron chi connectivity index (χ4n) is 1.93. The number of aryl methyl sites for hydroxylation is 1. The first-order valence-corrected chi connectivity index (χ1v) is 5.51. The zero-order valence-corrected chi connectivity index (χ0v) is 9.91. The lowest BCUT2D eigenvalue weighted by Gasteiger charge is -2.09. The smallest absolute Gasteiger partial charge is 0.0729 e. The van der Waals surface area contributed by atoms with Crippen LogP contribution in [0, 0.1) is 6.92 Å². The Balaban J connectivity index is 2.64. The topological polar surface area (TPSA) is 54.7 Å². The number of nitrogen functional groups attached to an aromatic ring is 1. The summed E-state index contributed by atoms with van der Waals surface area (Å²) in [5.74, 6) is 0.388. The summed E-state index contributed by atoms with van der Waals surface area (Å²) in [5, 5.41) is 7.39. The fraction of sp³-hybridized carbons (Fsp3) is 0.308. The number of rotatable bonds is 2. The number of nitrogens with two attached hydrogens (primary N) is 1. The third-order valence-electron chi connectivity index (χ3n) is 2.75. The van der Waals surface area contributed by atoms with Crippen molar-refractivity contribution in [3.63, 3.8) is 0 Å². The van der Waals surface area contributed by atoms with Crippen LogP contribution in [0.3, 0.4) is 0 Å². The molecule has 0 saturated heterocycles. The van der Waals surface area contributed by atoms with E-state index >= 15 is 0 Å². The Morgan fingerprint density at radius 2 is 1.94 bits per heavy atom. The lowest BCUT2D eigenvalue weighted by Crippen LogP contribution is -1.95. The van der Waals surface area contributed by atoms with Crippen LogP contribution < -0.4 is 5.73 Å². The minimum atomic E-state index is 0.388. The van der Waals surface area contributed by atoms with Gasteiger partial charge in [-0.1, -0.05) is 32.0 Å². The zero-order valence-electron chi connectivity index (χ0n) is 9.91. The van der Waals surface area contributed by atoms with Crippen molar-refractivity contribution in [3.8, 4) is 11.1 Å². The third-order valence-corrected chi connectivity index (χ3v) is 2.75. The molecule has 16 heavy (non-hydrogen) atoms. The van der Waals surface area contributed by atoms with Crippen molar-refractivity contribution in [2.45, 2.75) is 26.7 Å². The highest BCUT2D eigenvalue weighted by Gasteiger charge is 2.16. The molecule has 84 valence electrons. The average Bonchev–Trinajstić information content (AvgIpc) is 2.61. The second-order valence-corrected chi connectivity index (χ2v) is 4.35. The number of aromatic nitrogens is 2. The quantitative estimate of drug-likeness (QED) is 0.756. The summed E-state index contributed by atoms with van der Waals surface area (Å²) < 4.78 is 0. The maximum absolute atomic E-state index is 6.01. The summed E-state index contributed by atoms with van der Waals surface area (Å²) in [4.78, 5) is 0. The minimum Gasteiger partial charge on any atom is -0.398 e. The van der Waals surface area contributed by atoms with Gasteiger partial charge in [-0.25, -0.2) is 0 Å². The van der Waals surface area contributed by atoms with Crippen molar-refractivity contribution in [1.82, 2.24) is 10.2 Å². The molecule has 0 bridgehead atoms.